The highest BCUT2D eigenvalue weighted by molar-refractivity contribution is 7.13. The Morgan fingerprint density at radius 3 is 2.60 bits per heavy atom. The smallest absolute Gasteiger partial charge is 0.299 e. The molecule has 108 valence electrons. The van der Waals surface area contributed by atoms with E-state index < -0.39 is 0 Å². The molecule has 0 atom stereocenters. The summed E-state index contributed by atoms with van der Waals surface area (Å²) in [5, 5.41) is 13.0. The quantitative estimate of drug-likeness (QED) is 0.843. The lowest BCUT2D eigenvalue weighted by atomic mass is 10.1. The Balaban J connectivity index is 1.92. The second-order valence-corrected chi connectivity index (χ2v) is 6.02. The minimum Gasteiger partial charge on any atom is -0.430 e. The van der Waals surface area contributed by atoms with Crippen molar-refractivity contribution in [3.05, 3.63) is 34.8 Å². The van der Waals surface area contributed by atoms with Crippen molar-refractivity contribution in [3.63, 3.8) is 0 Å². The summed E-state index contributed by atoms with van der Waals surface area (Å²) in [6, 6.07) is 8.60. The zero-order chi connectivity index (χ0) is 14.4. The molecule has 0 amide bonds. The molecule has 1 N–H and O–H groups in total. The van der Waals surface area contributed by atoms with Gasteiger partial charge in [-0.3, -0.25) is 0 Å². The number of benzene rings is 1. The molecule has 0 saturated heterocycles. The van der Waals surface area contributed by atoms with E-state index in [0.29, 0.717) is 11.2 Å². The van der Waals surface area contributed by atoms with Crippen molar-refractivity contribution < 1.29 is 4.74 Å². The van der Waals surface area contributed by atoms with Crippen LogP contribution in [0.2, 0.25) is 0 Å². The van der Waals surface area contributed by atoms with Gasteiger partial charge in [-0.2, -0.15) is 0 Å². The van der Waals surface area contributed by atoms with Gasteiger partial charge in [0.2, 0.25) is 0 Å². The van der Waals surface area contributed by atoms with Gasteiger partial charge >= 0.3 is 0 Å². The van der Waals surface area contributed by atoms with Gasteiger partial charge in [-0.05, 0) is 24.1 Å². The molecule has 0 spiro atoms. The standard InChI is InChI=1S/C15H21N3OS/c1-4-5-12-6-8-13(9-7-12)19-15-18-17-14(20-15)10-16-11(2)3/h6-9,11,16H,4-5,10H2,1-3H3. The fourth-order valence-corrected chi connectivity index (χ4v) is 2.41. The number of ether oxygens (including phenoxy) is 1. The lowest BCUT2D eigenvalue weighted by Gasteiger charge is -2.04. The molecule has 20 heavy (non-hydrogen) atoms. The van der Waals surface area contributed by atoms with Gasteiger partial charge in [-0.25, -0.2) is 0 Å². The molecule has 2 aromatic rings. The van der Waals surface area contributed by atoms with E-state index in [0.717, 1.165) is 30.1 Å². The topological polar surface area (TPSA) is 47.0 Å². The highest BCUT2D eigenvalue weighted by Crippen LogP contribution is 2.25. The third-order valence-corrected chi connectivity index (χ3v) is 3.58. The van der Waals surface area contributed by atoms with Crippen LogP contribution in [0.4, 0.5) is 0 Å². The molecule has 4 nitrogen and oxygen atoms in total. The molecule has 0 radical (unpaired) electrons. The summed E-state index contributed by atoms with van der Waals surface area (Å²) < 4.78 is 5.72. The Morgan fingerprint density at radius 2 is 1.95 bits per heavy atom. The van der Waals surface area contributed by atoms with Crippen LogP contribution >= 0.6 is 11.3 Å². The number of nitrogens with one attached hydrogen (secondary N) is 1. The van der Waals surface area contributed by atoms with Crippen LogP contribution in [0.5, 0.6) is 10.9 Å². The Bertz CT molecular complexity index is 522. The molecule has 0 aliphatic carbocycles. The molecule has 2 rings (SSSR count). The van der Waals surface area contributed by atoms with Gasteiger partial charge in [0.1, 0.15) is 10.8 Å². The molecule has 0 fully saturated rings. The van der Waals surface area contributed by atoms with E-state index in [1.807, 2.05) is 12.1 Å². The Morgan fingerprint density at radius 1 is 1.20 bits per heavy atom. The Kier molecular flexibility index (Phi) is 5.49. The van der Waals surface area contributed by atoms with E-state index in [4.69, 9.17) is 4.74 Å². The lowest BCUT2D eigenvalue weighted by molar-refractivity contribution is 0.472. The van der Waals surface area contributed by atoms with Gasteiger partial charge in [0, 0.05) is 6.04 Å². The van der Waals surface area contributed by atoms with Crippen LogP contribution in [-0.2, 0) is 13.0 Å². The van der Waals surface area contributed by atoms with E-state index in [9.17, 15) is 0 Å². The van der Waals surface area contributed by atoms with Gasteiger partial charge in [0.15, 0.2) is 0 Å². The highest BCUT2D eigenvalue weighted by atomic mass is 32.1. The van der Waals surface area contributed by atoms with E-state index in [2.05, 4.69) is 48.4 Å². The molecular formula is C15H21N3OS. The SMILES string of the molecule is CCCc1ccc(Oc2nnc(CNC(C)C)s2)cc1. The Labute approximate surface area is 124 Å². The maximum absolute atomic E-state index is 5.72. The summed E-state index contributed by atoms with van der Waals surface area (Å²) in [4.78, 5) is 0. The van der Waals surface area contributed by atoms with E-state index in [1.165, 1.54) is 16.9 Å². The first-order valence-corrected chi connectivity index (χ1v) is 7.81. The van der Waals surface area contributed by atoms with Crippen LogP contribution in [0.3, 0.4) is 0 Å². The van der Waals surface area contributed by atoms with Crippen molar-refractivity contribution >= 4 is 11.3 Å². The highest BCUT2D eigenvalue weighted by Gasteiger charge is 2.06. The largest absolute Gasteiger partial charge is 0.430 e. The molecule has 1 aromatic carbocycles. The fourth-order valence-electron chi connectivity index (χ4n) is 1.76. The summed E-state index contributed by atoms with van der Waals surface area (Å²) in [6.45, 7) is 7.12. The van der Waals surface area contributed by atoms with Crippen LogP contribution in [-0.4, -0.2) is 16.2 Å². The van der Waals surface area contributed by atoms with Crippen LogP contribution in [0, 0.1) is 0 Å². The average Bonchev–Trinajstić information content (AvgIpc) is 2.87. The van der Waals surface area contributed by atoms with Crippen LogP contribution < -0.4 is 10.1 Å². The van der Waals surface area contributed by atoms with Crippen molar-refractivity contribution in [1.82, 2.24) is 15.5 Å². The third-order valence-electron chi connectivity index (χ3n) is 2.78. The van der Waals surface area contributed by atoms with E-state index in [-0.39, 0.29) is 0 Å². The second-order valence-electron chi connectivity index (χ2n) is 4.99. The molecular weight excluding hydrogens is 270 g/mol. The number of aryl methyl sites for hydroxylation is 1. The predicted molar refractivity (Wildman–Crippen MR) is 82.4 cm³/mol. The molecule has 0 bridgehead atoms. The summed E-state index contributed by atoms with van der Waals surface area (Å²) in [7, 11) is 0. The third kappa shape index (κ3) is 4.58. The summed E-state index contributed by atoms with van der Waals surface area (Å²) in [5.74, 6) is 0.810. The fraction of sp³-hybridized carbons (Fsp3) is 0.467. The van der Waals surface area contributed by atoms with E-state index in [1.54, 1.807) is 0 Å². The van der Waals surface area contributed by atoms with Crippen LogP contribution in [0.25, 0.3) is 0 Å². The molecule has 1 aromatic heterocycles. The zero-order valence-corrected chi connectivity index (χ0v) is 13.0. The normalized spacial score (nSPS) is 11.0. The van der Waals surface area contributed by atoms with Crippen LogP contribution in [0.1, 0.15) is 37.8 Å². The predicted octanol–water partition coefficient (Wildman–Crippen LogP) is 3.78. The minimum atomic E-state index is 0.439. The molecule has 1 heterocycles. The first kappa shape index (κ1) is 14.9. The van der Waals surface area contributed by atoms with Crippen molar-refractivity contribution in [2.45, 2.75) is 46.2 Å². The monoisotopic (exact) mass is 291 g/mol. The lowest BCUT2D eigenvalue weighted by Crippen LogP contribution is -2.21. The number of hydrogen-bond donors (Lipinski definition) is 1. The molecule has 0 aliphatic heterocycles. The summed E-state index contributed by atoms with van der Waals surface area (Å²) in [6.07, 6.45) is 2.26. The molecule has 0 aliphatic rings. The average molecular weight is 291 g/mol. The first-order valence-electron chi connectivity index (χ1n) is 7.00. The van der Waals surface area contributed by atoms with Gasteiger partial charge < -0.3 is 10.1 Å². The number of rotatable bonds is 7. The number of aromatic nitrogens is 2. The number of hydrogen-bond acceptors (Lipinski definition) is 5. The molecule has 5 heteroatoms. The second kappa shape index (κ2) is 7.36. The van der Waals surface area contributed by atoms with E-state index >= 15 is 0 Å². The van der Waals surface area contributed by atoms with Gasteiger partial charge in [-0.15, -0.1) is 5.10 Å². The molecule has 0 saturated carbocycles. The van der Waals surface area contributed by atoms with Crippen molar-refractivity contribution in [2.75, 3.05) is 0 Å². The summed E-state index contributed by atoms with van der Waals surface area (Å²) >= 11 is 1.48. The maximum atomic E-state index is 5.72. The van der Waals surface area contributed by atoms with Gasteiger partial charge in [0.25, 0.3) is 5.19 Å². The van der Waals surface area contributed by atoms with Crippen molar-refractivity contribution in [3.8, 4) is 10.9 Å². The maximum Gasteiger partial charge on any atom is 0.299 e. The van der Waals surface area contributed by atoms with Gasteiger partial charge in [-0.1, -0.05) is 55.8 Å². The number of nitrogens with zero attached hydrogens (tertiary/aromatic N) is 2. The minimum absolute atomic E-state index is 0.439. The Hall–Kier alpha value is -1.46. The van der Waals surface area contributed by atoms with Crippen molar-refractivity contribution in [2.24, 2.45) is 0 Å². The van der Waals surface area contributed by atoms with Gasteiger partial charge in [0.05, 0.1) is 6.54 Å². The zero-order valence-electron chi connectivity index (χ0n) is 12.2. The summed E-state index contributed by atoms with van der Waals surface area (Å²) in [5.41, 5.74) is 1.33. The first-order chi connectivity index (χ1) is 9.67. The van der Waals surface area contributed by atoms with Crippen molar-refractivity contribution in [1.29, 1.82) is 0 Å². The van der Waals surface area contributed by atoms with Crippen LogP contribution in [0.15, 0.2) is 24.3 Å². The molecule has 0 unspecified atom stereocenters.